The van der Waals surface area contributed by atoms with Gasteiger partial charge in [-0.25, -0.2) is 0 Å². The Kier molecular flexibility index (Phi) is 4.98. The number of benzene rings is 1. The molecule has 0 aliphatic heterocycles. The first kappa shape index (κ1) is 18.6. The van der Waals surface area contributed by atoms with Crippen LogP contribution in [-0.4, -0.2) is 9.55 Å². The first-order valence-electron chi connectivity index (χ1n) is 10.0. The molecule has 0 spiro atoms. The molecule has 5 heteroatoms. The molecule has 4 aromatic rings. The van der Waals surface area contributed by atoms with Gasteiger partial charge in [-0.1, -0.05) is 17.7 Å². The van der Waals surface area contributed by atoms with Crippen LogP contribution in [0, 0.1) is 0 Å². The molecule has 1 aromatic carbocycles. The van der Waals surface area contributed by atoms with Gasteiger partial charge in [0.05, 0.1) is 10.7 Å². The van der Waals surface area contributed by atoms with Crippen LogP contribution >= 0.6 is 22.9 Å². The first-order valence-corrected chi connectivity index (χ1v) is 11.2. The van der Waals surface area contributed by atoms with Gasteiger partial charge < -0.3 is 0 Å². The molecule has 0 saturated carbocycles. The van der Waals surface area contributed by atoms with Crippen LogP contribution < -0.4 is 5.56 Å². The summed E-state index contributed by atoms with van der Waals surface area (Å²) in [6.07, 6.45) is 10.1. The van der Waals surface area contributed by atoms with Crippen molar-refractivity contribution in [1.82, 2.24) is 9.55 Å². The number of halogens is 1. The molecular weight excluding hydrogens is 400 g/mol. The second-order valence-corrected chi connectivity index (χ2v) is 9.18. The van der Waals surface area contributed by atoms with Crippen molar-refractivity contribution in [2.75, 3.05) is 0 Å². The zero-order chi connectivity index (χ0) is 19.8. The first-order chi connectivity index (χ1) is 14.2. The number of pyridine rings is 2. The topological polar surface area (TPSA) is 34.9 Å². The zero-order valence-corrected chi connectivity index (χ0v) is 17.6. The Morgan fingerprint density at radius 2 is 1.93 bits per heavy atom. The van der Waals surface area contributed by atoms with E-state index in [9.17, 15) is 4.79 Å². The Balaban J connectivity index is 1.39. The van der Waals surface area contributed by atoms with Gasteiger partial charge in [0.2, 0.25) is 0 Å². The highest BCUT2D eigenvalue weighted by atomic mass is 35.5. The third kappa shape index (κ3) is 3.75. The van der Waals surface area contributed by atoms with E-state index in [-0.39, 0.29) is 5.56 Å². The van der Waals surface area contributed by atoms with Crippen molar-refractivity contribution in [3.63, 3.8) is 0 Å². The van der Waals surface area contributed by atoms with Gasteiger partial charge in [-0.15, -0.1) is 11.3 Å². The number of rotatable bonds is 4. The molecule has 0 saturated heterocycles. The molecule has 0 amide bonds. The number of aryl methyl sites for hydroxylation is 4. The summed E-state index contributed by atoms with van der Waals surface area (Å²) >= 11 is 7.78. The van der Waals surface area contributed by atoms with Crippen LogP contribution in [0.5, 0.6) is 0 Å². The molecule has 1 aliphatic carbocycles. The molecule has 5 rings (SSSR count). The van der Waals surface area contributed by atoms with Crippen molar-refractivity contribution >= 4 is 33.0 Å². The summed E-state index contributed by atoms with van der Waals surface area (Å²) in [5.41, 5.74) is 4.47. The lowest BCUT2D eigenvalue weighted by Crippen LogP contribution is -2.17. The summed E-state index contributed by atoms with van der Waals surface area (Å²) in [6, 6.07) is 14.0. The predicted octanol–water partition coefficient (Wildman–Crippen LogP) is 5.76. The maximum atomic E-state index is 12.8. The molecule has 0 N–H and O–H groups in total. The van der Waals surface area contributed by atoms with Gasteiger partial charge in [0, 0.05) is 33.7 Å². The third-order valence-corrected chi connectivity index (χ3v) is 7.14. The monoisotopic (exact) mass is 420 g/mol. The summed E-state index contributed by atoms with van der Waals surface area (Å²) in [4.78, 5) is 18.6. The molecule has 1 aliphatic rings. The van der Waals surface area contributed by atoms with Gasteiger partial charge in [0.15, 0.2) is 0 Å². The van der Waals surface area contributed by atoms with Crippen molar-refractivity contribution in [1.29, 1.82) is 0 Å². The fourth-order valence-electron chi connectivity index (χ4n) is 4.12. The van der Waals surface area contributed by atoms with E-state index in [4.69, 9.17) is 11.6 Å². The van der Waals surface area contributed by atoms with E-state index in [0.29, 0.717) is 5.02 Å². The Morgan fingerprint density at radius 3 is 2.76 bits per heavy atom. The Bertz CT molecular complexity index is 1240. The zero-order valence-electron chi connectivity index (χ0n) is 16.0. The molecular formula is C24H21ClN2OS. The van der Waals surface area contributed by atoms with Gasteiger partial charge in [-0.05, 0) is 85.4 Å². The Hall–Kier alpha value is -2.43. The highest BCUT2D eigenvalue weighted by molar-refractivity contribution is 7.19. The number of nitrogens with zero attached hydrogens (tertiary/aromatic N) is 2. The molecule has 0 radical (unpaired) electrons. The number of aromatic nitrogens is 2. The Labute approximate surface area is 178 Å². The summed E-state index contributed by atoms with van der Waals surface area (Å²) < 4.78 is 3.03. The molecule has 3 aromatic heterocycles. The third-order valence-electron chi connectivity index (χ3n) is 5.66. The highest BCUT2D eigenvalue weighted by Gasteiger charge is 2.16. The summed E-state index contributed by atoms with van der Waals surface area (Å²) in [6.45, 7) is 0. The maximum absolute atomic E-state index is 12.8. The summed E-state index contributed by atoms with van der Waals surface area (Å²) in [5.74, 6) is 0. The van der Waals surface area contributed by atoms with Gasteiger partial charge in [0.1, 0.15) is 0 Å². The van der Waals surface area contributed by atoms with E-state index < -0.39 is 0 Å². The maximum Gasteiger partial charge on any atom is 0.255 e. The van der Waals surface area contributed by atoms with E-state index in [0.717, 1.165) is 29.8 Å². The second-order valence-electron chi connectivity index (χ2n) is 7.60. The van der Waals surface area contributed by atoms with Crippen LogP contribution in [0.15, 0.2) is 59.7 Å². The number of thiophene rings is 1. The van der Waals surface area contributed by atoms with E-state index in [1.54, 1.807) is 16.8 Å². The largest absolute Gasteiger partial charge is 0.284 e. The van der Waals surface area contributed by atoms with Crippen LogP contribution in [0.2, 0.25) is 5.02 Å². The minimum atomic E-state index is 0.00670. The van der Waals surface area contributed by atoms with Crippen LogP contribution in [-0.2, 0) is 25.7 Å². The van der Waals surface area contributed by atoms with Gasteiger partial charge in [0.25, 0.3) is 5.56 Å². The Morgan fingerprint density at radius 1 is 1.03 bits per heavy atom. The molecule has 0 fully saturated rings. The predicted molar refractivity (Wildman–Crippen MR) is 121 cm³/mol. The normalized spacial score (nSPS) is 13.6. The molecule has 0 unspecified atom stereocenters. The quantitative estimate of drug-likeness (QED) is 0.420. The number of fused-ring (bicyclic) bond motifs is 3. The lowest BCUT2D eigenvalue weighted by atomic mass is 9.96. The van der Waals surface area contributed by atoms with Crippen molar-refractivity contribution in [2.45, 2.75) is 38.5 Å². The highest BCUT2D eigenvalue weighted by Crippen LogP contribution is 2.37. The lowest BCUT2D eigenvalue weighted by Gasteiger charge is -2.10. The molecule has 146 valence electrons. The van der Waals surface area contributed by atoms with Gasteiger partial charge in [-0.3, -0.25) is 14.3 Å². The van der Waals surface area contributed by atoms with E-state index >= 15 is 0 Å². The molecule has 0 atom stereocenters. The standard InChI is InChI=1S/C24H21ClN2OS/c25-17-6-8-18(26-15-17)7-5-16-11-12-27(24(28)13-16)19-9-10-21-20-3-1-2-4-22(20)29-23(21)14-19/h6,8-15H,1-5,7H2. The van der Waals surface area contributed by atoms with Gasteiger partial charge >= 0.3 is 0 Å². The lowest BCUT2D eigenvalue weighted by molar-refractivity contribution is 0.700. The molecule has 29 heavy (non-hydrogen) atoms. The van der Waals surface area contributed by atoms with E-state index in [1.807, 2.05) is 35.7 Å². The van der Waals surface area contributed by atoms with E-state index in [2.05, 4.69) is 23.2 Å². The minimum Gasteiger partial charge on any atom is -0.284 e. The molecule has 3 heterocycles. The summed E-state index contributed by atoms with van der Waals surface area (Å²) in [5, 5.41) is 2.01. The van der Waals surface area contributed by atoms with Crippen LogP contribution in [0.4, 0.5) is 0 Å². The number of hydrogen-bond acceptors (Lipinski definition) is 3. The molecule has 3 nitrogen and oxygen atoms in total. The van der Waals surface area contributed by atoms with Crippen molar-refractivity contribution in [3.05, 3.63) is 91.9 Å². The number of hydrogen-bond donors (Lipinski definition) is 0. The van der Waals surface area contributed by atoms with E-state index in [1.165, 1.54) is 46.2 Å². The molecule has 0 bridgehead atoms. The van der Waals surface area contributed by atoms with Gasteiger partial charge in [-0.2, -0.15) is 0 Å². The SMILES string of the molecule is O=c1cc(CCc2ccc(Cl)cn2)ccn1-c1ccc2c3c(sc2c1)CCCC3. The van der Waals surface area contributed by atoms with Crippen molar-refractivity contribution in [3.8, 4) is 5.69 Å². The average molecular weight is 421 g/mol. The fourth-order valence-corrected chi connectivity index (χ4v) is 5.56. The van der Waals surface area contributed by atoms with Crippen molar-refractivity contribution < 1.29 is 0 Å². The van der Waals surface area contributed by atoms with Crippen molar-refractivity contribution in [2.24, 2.45) is 0 Å². The smallest absolute Gasteiger partial charge is 0.255 e. The van der Waals surface area contributed by atoms with Crippen LogP contribution in [0.1, 0.15) is 34.5 Å². The fraction of sp³-hybridized carbons (Fsp3) is 0.250. The summed E-state index contributed by atoms with van der Waals surface area (Å²) in [7, 11) is 0. The second kappa shape index (κ2) is 7.77. The minimum absolute atomic E-state index is 0.00670. The van der Waals surface area contributed by atoms with Crippen LogP contribution in [0.3, 0.4) is 0 Å². The van der Waals surface area contributed by atoms with Crippen LogP contribution in [0.25, 0.3) is 15.8 Å². The average Bonchev–Trinajstić information content (AvgIpc) is 3.11.